The van der Waals surface area contributed by atoms with Gasteiger partial charge in [0.25, 0.3) is 5.69 Å². The summed E-state index contributed by atoms with van der Waals surface area (Å²) in [4.78, 5) is 10.9. The minimum Gasteiger partial charge on any atom is -0.360 e. The Morgan fingerprint density at radius 2 is 2.09 bits per heavy atom. The molecule has 2 aromatic rings. The first-order chi connectivity index (χ1) is 10.5. The van der Waals surface area contributed by atoms with Crippen LogP contribution in [0.2, 0.25) is 0 Å². The molecular formula is C15H22BrN3O3. The van der Waals surface area contributed by atoms with Gasteiger partial charge < -0.3 is 4.74 Å². The summed E-state index contributed by atoms with van der Waals surface area (Å²) in [6, 6.07) is 3.50. The van der Waals surface area contributed by atoms with E-state index < -0.39 is 0 Å². The second-order valence-electron chi connectivity index (χ2n) is 4.56. The van der Waals surface area contributed by atoms with Crippen molar-refractivity contribution in [2.24, 2.45) is 0 Å². The molecule has 1 heterocycles. The van der Waals surface area contributed by atoms with E-state index in [1.54, 1.807) is 24.8 Å². The SMILES string of the molecule is CC.CCCC(OC)n1nc(C)c2c([N+](=O)[O-])c(Br)ccc21. The predicted octanol–water partition coefficient (Wildman–Crippen LogP) is 4.99. The van der Waals surface area contributed by atoms with Crippen LogP contribution in [0, 0.1) is 17.0 Å². The molecule has 1 aromatic carbocycles. The Balaban J connectivity index is 0.00000116. The Labute approximate surface area is 138 Å². The zero-order valence-electron chi connectivity index (χ0n) is 13.6. The molecule has 122 valence electrons. The quantitative estimate of drug-likeness (QED) is 0.548. The van der Waals surface area contributed by atoms with Crippen molar-refractivity contribution in [3.05, 3.63) is 32.4 Å². The van der Waals surface area contributed by atoms with E-state index in [0.29, 0.717) is 15.6 Å². The van der Waals surface area contributed by atoms with Gasteiger partial charge >= 0.3 is 0 Å². The maximum Gasteiger partial charge on any atom is 0.294 e. The molecule has 0 aliphatic rings. The minimum absolute atomic E-state index is 0.0533. The summed E-state index contributed by atoms with van der Waals surface area (Å²) in [7, 11) is 1.62. The summed E-state index contributed by atoms with van der Waals surface area (Å²) in [6.07, 6.45) is 1.53. The van der Waals surface area contributed by atoms with Crippen LogP contribution in [-0.4, -0.2) is 21.8 Å². The van der Waals surface area contributed by atoms with E-state index in [0.717, 1.165) is 18.4 Å². The summed E-state index contributed by atoms with van der Waals surface area (Å²) in [5.41, 5.74) is 1.40. The number of benzene rings is 1. The number of ether oxygens (including phenoxy) is 1. The van der Waals surface area contributed by atoms with Gasteiger partial charge in [-0.1, -0.05) is 27.2 Å². The molecule has 0 bridgehead atoms. The van der Waals surface area contributed by atoms with Gasteiger partial charge in [-0.25, -0.2) is 4.68 Å². The number of nitrogens with zero attached hydrogens (tertiary/aromatic N) is 3. The summed E-state index contributed by atoms with van der Waals surface area (Å²) in [6.45, 7) is 7.83. The van der Waals surface area contributed by atoms with Crippen LogP contribution in [-0.2, 0) is 4.74 Å². The normalized spacial score (nSPS) is 11.9. The van der Waals surface area contributed by atoms with Gasteiger partial charge in [-0.05, 0) is 41.4 Å². The van der Waals surface area contributed by atoms with Gasteiger partial charge in [0.2, 0.25) is 0 Å². The molecule has 0 spiro atoms. The van der Waals surface area contributed by atoms with Crippen LogP contribution in [0.1, 0.15) is 45.5 Å². The van der Waals surface area contributed by atoms with Gasteiger partial charge in [-0.15, -0.1) is 0 Å². The fourth-order valence-electron chi connectivity index (χ4n) is 2.35. The van der Waals surface area contributed by atoms with Gasteiger partial charge in [0.05, 0.1) is 20.6 Å². The molecule has 0 amide bonds. The molecule has 0 aliphatic heterocycles. The summed E-state index contributed by atoms with van der Waals surface area (Å²) < 4.78 is 7.64. The highest BCUT2D eigenvalue weighted by Gasteiger charge is 2.24. The third-order valence-electron chi connectivity index (χ3n) is 3.24. The molecule has 1 unspecified atom stereocenters. The summed E-state index contributed by atoms with van der Waals surface area (Å²) in [5, 5.41) is 16.3. The monoisotopic (exact) mass is 371 g/mol. The van der Waals surface area contributed by atoms with Gasteiger partial charge in [-0.3, -0.25) is 10.1 Å². The number of fused-ring (bicyclic) bond motifs is 1. The molecule has 0 radical (unpaired) electrons. The maximum atomic E-state index is 11.3. The third kappa shape index (κ3) is 3.47. The van der Waals surface area contributed by atoms with Crippen molar-refractivity contribution in [1.82, 2.24) is 9.78 Å². The molecule has 1 aromatic heterocycles. The summed E-state index contributed by atoms with van der Waals surface area (Å²) in [5.74, 6) is 0. The van der Waals surface area contributed by atoms with Gasteiger partial charge in [0.15, 0.2) is 0 Å². The van der Waals surface area contributed by atoms with E-state index in [2.05, 4.69) is 28.0 Å². The van der Waals surface area contributed by atoms with E-state index in [-0.39, 0.29) is 16.8 Å². The number of nitro groups is 1. The molecule has 0 aliphatic carbocycles. The molecule has 0 saturated heterocycles. The van der Waals surface area contributed by atoms with Crippen molar-refractivity contribution in [2.45, 2.75) is 46.8 Å². The largest absolute Gasteiger partial charge is 0.360 e. The second-order valence-corrected chi connectivity index (χ2v) is 5.41. The Morgan fingerprint density at radius 3 is 2.59 bits per heavy atom. The lowest BCUT2D eigenvalue weighted by Gasteiger charge is -2.15. The average Bonchev–Trinajstić information content (AvgIpc) is 2.83. The molecular weight excluding hydrogens is 350 g/mol. The highest BCUT2D eigenvalue weighted by atomic mass is 79.9. The van der Waals surface area contributed by atoms with E-state index in [1.807, 2.05) is 19.9 Å². The first-order valence-electron chi connectivity index (χ1n) is 7.35. The lowest BCUT2D eigenvalue weighted by molar-refractivity contribution is -0.383. The lowest BCUT2D eigenvalue weighted by atomic mass is 10.2. The van der Waals surface area contributed by atoms with Crippen LogP contribution >= 0.6 is 15.9 Å². The van der Waals surface area contributed by atoms with Gasteiger partial charge in [0, 0.05) is 7.11 Å². The van der Waals surface area contributed by atoms with Crippen LogP contribution in [0.5, 0.6) is 0 Å². The topological polar surface area (TPSA) is 70.2 Å². The van der Waals surface area contributed by atoms with Crippen molar-refractivity contribution in [3.8, 4) is 0 Å². The van der Waals surface area contributed by atoms with Crippen molar-refractivity contribution >= 4 is 32.5 Å². The van der Waals surface area contributed by atoms with Crippen LogP contribution in [0.15, 0.2) is 16.6 Å². The standard InChI is InChI=1S/C13H16BrN3O3.C2H6/c1-4-5-11(20-3)16-10-7-6-9(14)13(17(18)19)12(10)8(2)15-16;1-2/h6-7,11H,4-5H2,1-3H3;1-2H3. The highest BCUT2D eigenvalue weighted by Crippen LogP contribution is 2.36. The first-order valence-corrected chi connectivity index (χ1v) is 8.15. The fourth-order valence-corrected chi connectivity index (χ4v) is 2.83. The first kappa shape index (κ1) is 18.6. The van der Waals surface area contributed by atoms with Crippen LogP contribution in [0.3, 0.4) is 0 Å². The van der Waals surface area contributed by atoms with Crippen molar-refractivity contribution in [3.63, 3.8) is 0 Å². The molecule has 6 nitrogen and oxygen atoms in total. The number of hydrogen-bond acceptors (Lipinski definition) is 4. The number of halogens is 1. The zero-order valence-corrected chi connectivity index (χ0v) is 15.2. The molecule has 22 heavy (non-hydrogen) atoms. The number of hydrogen-bond donors (Lipinski definition) is 0. The minimum atomic E-state index is -0.382. The number of methoxy groups -OCH3 is 1. The fraction of sp³-hybridized carbons (Fsp3) is 0.533. The Hall–Kier alpha value is -1.47. The van der Waals surface area contributed by atoms with Crippen LogP contribution in [0.25, 0.3) is 10.9 Å². The number of rotatable bonds is 5. The number of aromatic nitrogens is 2. The number of nitro benzene ring substituents is 1. The van der Waals surface area contributed by atoms with E-state index in [1.165, 1.54) is 0 Å². The third-order valence-corrected chi connectivity index (χ3v) is 3.88. The molecule has 2 rings (SSSR count). The molecule has 1 atom stereocenters. The van der Waals surface area contributed by atoms with E-state index in [4.69, 9.17) is 4.74 Å². The maximum absolute atomic E-state index is 11.3. The van der Waals surface area contributed by atoms with Crippen molar-refractivity contribution < 1.29 is 9.66 Å². The molecule has 0 fully saturated rings. The van der Waals surface area contributed by atoms with E-state index in [9.17, 15) is 10.1 Å². The smallest absolute Gasteiger partial charge is 0.294 e. The predicted molar refractivity (Wildman–Crippen MR) is 91.1 cm³/mol. The van der Waals surface area contributed by atoms with Crippen LogP contribution < -0.4 is 0 Å². The highest BCUT2D eigenvalue weighted by molar-refractivity contribution is 9.10. The molecule has 0 N–H and O–H groups in total. The second kappa shape index (κ2) is 8.24. The van der Waals surface area contributed by atoms with Crippen LogP contribution in [0.4, 0.5) is 5.69 Å². The molecule has 0 saturated carbocycles. The zero-order chi connectivity index (χ0) is 16.9. The van der Waals surface area contributed by atoms with Crippen molar-refractivity contribution in [1.29, 1.82) is 0 Å². The Bertz CT molecular complexity index is 655. The van der Waals surface area contributed by atoms with Crippen molar-refractivity contribution in [2.75, 3.05) is 7.11 Å². The Kier molecular flexibility index (Phi) is 6.96. The van der Waals surface area contributed by atoms with Gasteiger partial charge in [-0.2, -0.15) is 5.10 Å². The molecule has 7 heteroatoms. The average molecular weight is 372 g/mol. The van der Waals surface area contributed by atoms with Gasteiger partial charge in [0.1, 0.15) is 11.6 Å². The Morgan fingerprint density at radius 1 is 1.45 bits per heavy atom. The number of aryl methyl sites for hydroxylation is 1. The van der Waals surface area contributed by atoms with E-state index >= 15 is 0 Å². The lowest BCUT2D eigenvalue weighted by Crippen LogP contribution is -2.12. The summed E-state index contributed by atoms with van der Waals surface area (Å²) >= 11 is 3.24.